The molecule has 0 spiro atoms. The van der Waals surface area contributed by atoms with Crippen LogP contribution in [0.15, 0.2) is 18.2 Å². The predicted molar refractivity (Wildman–Crippen MR) is 84.7 cm³/mol. The van der Waals surface area contributed by atoms with Crippen LogP contribution in [0.4, 0.5) is 11.4 Å². The zero-order valence-corrected chi connectivity index (χ0v) is 13.3. The lowest BCUT2D eigenvalue weighted by Gasteiger charge is -2.34. The van der Waals surface area contributed by atoms with E-state index in [0.29, 0.717) is 30.9 Å². The van der Waals surface area contributed by atoms with Gasteiger partial charge in [-0.25, -0.2) is 0 Å². The number of carbonyl (C=O) groups is 2. The number of hydrogen-bond donors (Lipinski definition) is 0. The van der Waals surface area contributed by atoms with E-state index < -0.39 is 4.92 Å². The molecular formula is C16H20N2O5. The highest BCUT2D eigenvalue weighted by molar-refractivity contribution is 6.00. The molecule has 1 aliphatic heterocycles. The molecule has 0 amide bonds. The van der Waals surface area contributed by atoms with Crippen molar-refractivity contribution >= 4 is 23.1 Å². The van der Waals surface area contributed by atoms with E-state index in [9.17, 15) is 19.7 Å². The quantitative estimate of drug-likeness (QED) is 0.358. The third-order valence-electron chi connectivity index (χ3n) is 3.95. The molecular weight excluding hydrogens is 300 g/mol. The SMILES string of the molecule is CCOC(=O)[C@H]1CCCN(c2ccc([N+](=O)[O-])cc2C(C)=O)C1. The first-order chi connectivity index (χ1) is 10.9. The lowest BCUT2D eigenvalue weighted by atomic mass is 9.96. The molecule has 1 aromatic rings. The minimum Gasteiger partial charge on any atom is -0.466 e. The van der Waals surface area contributed by atoms with E-state index >= 15 is 0 Å². The molecule has 23 heavy (non-hydrogen) atoms. The molecule has 0 saturated carbocycles. The number of rotatable bonds is 5. The van der Waals surface area contributed by atoms with Crippen LogP contribution in [0.2, 0.25) is 0 Å². The topological polar surface area (TPSA) is 89.8 Å². The summed E-state index contributed by atoms with van der Waals surface area (Å²) in [7, 11) is 0. The normalized spacial score (nSPS) is 17.7. The van der Waals surface area contributed by atoms with Gasteiger partial charge in [0.05, 0.1) is 17.4 Å². The smallest absolute Gasteiger partial charge is 0.310 e. The van der Waals surface area contributed by atoms with Crippen molar-refractivity contribution in [1.82, 2.24) is 0 Å². The highest BCUT2D eigenvalue weighted by Crippen LogP contribution is 2.30. The van der Waals surface area contributed by atoms with Gasteiger partial charge in [0.2, 0.25) is 0 Å². The highest BCUT2D eigenvalue weighted by Gasteiger charge is 2.29. The maximum atomic E-state index is 11.9. The Kier molecular flexibility index (Phi) is 5.31. The number of anilines is 1. The number of non-ortho nitro benzene ring substituents is 1. The number of nitro benzene ring substituents is 1. The molecule has 1 aliphatic rings. The van der Waals surface area contributed by atoms with Crippen LogP contribution < -0.4 is 4.90 Å². The van der Waals surface area contributed by atoms with Crippen molar-refractivity contribution in [2.24, 2.45) is 5.92 Å². The van der Waals surface area contributed by atoms with E-state index in [1.165, 1.54) is 19.1 Å². The summed E-state index contributed by atoms with van der Waals surface area (Å²) in [5.74, 6) is -0.704. The number of carbonyl (C=O) groups excluding carboxylic acids is 2. The molecule has 1 saturated heterocycles. The number of nitro groups is 1. The van der Waals surface area contributed by atoms with Crippen LogP contribution in [0.5, 0.6) is 0 Å². The minimum absolute atomic E-state index is 0.113. The lowest BCUT2D eigenvalue weighted by Crippen LogP contribution is -2.40. The molecule has 0 radical (unpaired) electrons. The van der Waals surface area contributed by atoms with Crippen molar-refractivity contribution in [3.63, 3.8) is 0 Å². The molecule has 1 atom stereocenters. The zero-order chi connectivity index (χ0) is 17.0. The highest BCUT2D eigenvalue weighted by atomic mass is 16.6. The van der Waals surface area contributed by atoms with Crippen LogP contribution in [0.3, 0.4) is 0 Å². The number of benzene rings is 1. The first-order valence-electron chi connectivity index (χ1n) is 7.65. The second-order valence-electron chi connectivity index (χ2n) is 5.55. The maximum Gasteiger partial charge on any atom is 0.310 e. The van der Waals surface area contributed by atoms with Gasteiger partial charge in [0, 0.05) is 36.5 Å². The van der Waals surface area contributed by atoms with E-state index in [4.69, 9.17) is 4.74 Å². The van der Waals surface area contributed by atoms with E-state index in [2.05, 4.69) is 0 Å². The van der Waals surface area contributed by atoms with Gasteiger partial charge in [0.1, 0.15) is 0 Å². The number of ether oxygens (including phenoxy) is 1. The van der Waals surface area contributed by atoms with Crippen LogP contribution in [0, 0.1) is 16.0 Å². The van der Waals surface area contributed by atoms with Crippen LogP contribution in [0.1, 0.15) is 37.0 Å². The minimum atomic E-state index is -0.520. The molecule has 0 aliphatic carbocycles. The van der Waals surface area contributed by atoms with Gasteiger partial charge in [-0.1, -0.05) is 0 Å². The van der Waals surface area contributed by atoms with Crippen LogP contribution in [-0.4, -0.2) is 36.4 Å². The molecule has 1 fully saturated rings. The van der Waals surface area contributed by atoms with Crippen molar-refractivity contribution in [2.45, 2.75) is 26.7 Å². The summed E-state index contributed by atoms with van der Waals surface area (Å²) in [4.78, 5) is 36.1. The Labute approximate surface area is 134 Å². The molecule has 0 bridgehead atoms. The fraction of sp³-hybridized carbons (Fsp3) is 0.500. The fourth-order valence-corrected chi connectivity index (χ4v) is 2.84. The van der Waals surface area contributed by atoms with E-state index in [1.54, 1.807) is 13.0 Å². The van der Waals surface area contributed by atoms with Crippen LogP contribution in [0.25, 0.3) is 0 Å². The molecule has 1 aromatic carbocycles. The van der Waals surface area contributed by atoms with Gasteiger partial charge in [-0.15, -0.1) is 0 Å². The standard InChI is InChI=1S/C16H20N2O5/c1-3-23-16(20)12-5-4-8-17(10-12)15-7-6-13(18(21)22)9-14(15)11(2)19/h6-7,9,12H,3-5,8,10H2,1-2H3/t12-/m0/s1. The van der Waals surface area contributed by atoms with Gasteiger partial charge < -0.3 is 9.64 Å². The Morgan fingerprint density at radius 3 is 2.78 bits per heavy atom. The van der Waals surface area contributed by atoms with Crippen molar-refractivity contribution < 1.29 is 19.2 Å². The van der Waals surface area contributed by atoms with Gasteiger partial charge in [0.15, 0.2) is 5.78 Å². The number of nitrogens with zero attached hydrogens (tertiary/aromatic N) is 2. The Hall–Kier alpha value is -2.44. The van der Waals surface area contributed by atoms with E-state index in [-0.39, 0.29) is 23.4 Å². The van der Waals surface area contributed by atoms with Gasteiger partial charge >= 0.3 is 5.97 Å². The second-order valence-corrected chi connectivity index (χ2v) is 5.55. The average molecular weight is 320 g/mol. The third kappa shape index (κ3) is 3.85. The lowest BCUT2D eigenvalue weighted by molar-refractivity contribution is -0.384. The summed E-state index contributed by atoms with van der Waals surface area (Å²) < 4.78 is 5.07. The maximum absolute atomic E-state index is 11.9. The largest absolute Gasteiger partial charge is 0.466 e. The number of hydrogen-bond acceptors (Lipinski definition) is 6. The fourth-order valence-electron chi connectivity index (χ4n) is 2.84. The van der Waals surface area contributed by atoms with Gasteiger partial charge in [-0.2, -0.15) is 0 Å². The van der Waals surface area contributed by atoms with E-state index in [0.717, 1.165) is 12.8 Å². The summed E-state index contributed by atoms with van der Waals surface area (Å²) in [5, 5.41) is 10.9. The molecule has 0 N–H and O–H groups in total. The summed E-state index contributed by atoms with van der Waals surface area (Å²) in [5.41, 5.74) is 0.832. The van der Waals surface area contributed by atoms with Crippen molar-refractivity contribution in [3.05, 3.63) is 33.9 Å². The summed E-state index contributed by atoms with van der Waals surface area (Å²) in [6, 6.07) is 4.27. The summed E-state index contributed by atoms with van der Waals surface area (Å²) >= 11 is 0. The number of esters is 1. The third-order valence-corrected chi connectivity index (χ3v) is 3.95. The van der Waals surface area contributed by atoms with Gasteiger partial charge in [0.25, 0.3) is 5.69 Å². The van der Waals surface area contributed by atoms with Gasteiger partial charge in [-0.3, -0.25) is 19.7 Å². The molecule has 2 rings (SSSR count). The Morgan fingerprint density at radius 1 is 1.43 bits per heavy atom. The van der Waals surface area contributed by atoms with Gasteiger partial charge in [-0.05, 0) is 32.8 Å². The Morgan fingerprint density at radius 2 is 2.17 bits per heavy atom. The van der Waals surface area contributed by atoms with Crippen molar-refractivity contribution in [2.75, 3.05) is 24.6 Å². The Balaban J connectivity index is 2.28. The van der Waals surface area contributed by atoms with Crippen molar-refractivity contribution in [1.29, 1.82) is 0 Å². The molecule has 7 heteroatoms. The van der Waals surface area contributed by atoms with Crippen molar-refractivity contribution in [3.8, 4) is 0 Å². The average Bonchev–Trinajstić information content (AvgIpc) is 2.54. The summed E-state index contributed by atoms with van der Waals surface area (Å²) in [6.07, 6.45) is 1.55. The molecule has 7 nitrogen and oxygen atoms in total. The summed E-state index contributed by atoms with van der Waals surface area (Å²) in [6.45, 7) is 4.65. The number of piperidine rings is 1. The van der Waals surface area contributed by atoms with Crippen LogP contribution in [-0.2, 0) is 9.53 Å². The molecule has 0 unspecified atom stereocenters. The molecule has 124 valence electrons. The number of Topliss-reactive ketones (excluding diaryl/α,β-unsaturated/α-hetero) is 1. The first-order valence-corrected chi connectivity index (χ1v) is 7.65. The molecule has 1 heterocycles. The zero-order valence-electron chi connectivity index (χ0n) is 13.3. The number of ketones is 1. The second kappa shape index (κ2) is 7.21. The van der Waals surface area contributed by atoms with Crippen LogP contribution >= 0.6 is 0 Å². The molecule has 0 aromatic heterocycles. The van der Waals surface area contributed by atoms with E-state index in [1.807, 2.05) is 4.90 Å². The Bertz CT molecular complexity index is 629. The predicted octanol–water partition coefficient (Wildman–Crippen LogP) is 2.58. The monoisotopic (exact) mass is 320 g/mol. The first kappa shape index (κ1) is 16.9.